The highest BCUT2D eigenvalue weighted by molar-refractivity contribution is 8.00. The molecule has 1 aliphatic carbocycles. The van der Waals surface area contributed by atoms with Crippen LogP contribution in [0.5, 0.6) is 0 Å². The average Bonchev–Trinajstić information content (AvgIpc) is 3.22. The Morgan fingerprint density at radius 3 is 2.89 bits per heavy atom. The number of nitrogens with one attached hydrogen (secondary N) is 1. The lowest BCUT2D eigenvalue weighted by Crippen LogP contribution is -2.05. The first kappa shape index (κ1) is 17.9. The van der Waals surface area contributed by atoms with E-state index in [1.165, 1.54) is 28.7 Å². The molecule has 0 atom stereocenters. The molecule has 5 rings (SSSR count). The number of Topliss-reactive ketones (excluding diaryl/α,β-unsaturated/α-hetero) is 1. The largest absolute Gasteiger partial charge is 0.358 e. The van der Waals surface area contributed by atoms with Gasteiger partial charge in [-0.05, 0) is 51.2 Å². The maximum atomic E-state index is 13.1. The number of ketones is 1. The van der Waals surface area contributed by atoms with Crippen molar-refractivity contribution in [2.75, 3.05) is 5.75 Å². The normalized spacial score (nSPS) is 13.9. The van der Waals surface area contributed by atoms with Gasteiger partial charge in [0.2, 0.25) is 0 Å². The van der Waals surface area contributed by atoms with Crippen LogP contribution in [0.15, 0.2) is 29.3 Å². The molecule has 0 saturated carbocycles. The zero-order chi connectivity index (χ0) is 19.3. The minimum absolute atomic E-state index is 0.147. The van der Waals surface area contributed by atoms with Gasteiger partial charge in [0, 0.05) is 32.4 Å². The number of hydrogen-bond donors (Lipinski definition) is 1. The first-order valence-electron chi connectivity index (χ1n) is 9.64. The Balaban J connectivity index is 1.49. The number of fused-ring (bicyclic) bond motifs is 4. The van der Waals surface area contributed by atoms with Crippen molar-refractivity contribution in [1.82, 2.24) is 15.0 Å². The highest BCUT2D eigenvalue weighted by Gasteiger charge is 2.22. The van der Waals surface area contributed by atoms with Crippen LogP contribution in [0.4, 0.5) is 0 Å². The van der Waals surface area contributed by atoms with Crippen molar-refractivity contribution in [1.29, 1.82) is 0 Å². The molecule has 0 spiro atoms. The summed E-state index contributed by atoms with van der Waals surface area (Å²) >= 11 is 3.37. The zero-order valence-electron chi connectivity index (χ0n) is 16.0. The highest BCUT2D eigenvalue weighted by atomic mass is 32.2. The zero-order valence-corrected chi connectivity index (χ0v) is 17.6. The third kappa shape index (κ3) is 2.95. The number of hydrogen-bond acceptors (Lipinski definition) is 5. The molecular formula is C22H21N3OS2. The van der Waals surface area contributed by atoms with Crippen LogP contribution in [0.2, 0.25) is 0 Å². The van der Waals surface area contributed by atoms with Crippen molar-refractivity contribution in [3.8, 4) is 0 Å². The Labute approximate surface area is 171 Å². The quantitative estimate of drug-likeness (QED) is 0.270. The Morgan fingerprint density at radius 2 is 2.00 bits per heavy atom. The van der Waals surface area contributed by atoms with E-state index in [2.05, 4.69) is 9.97 Å². The molecule has 0 bridgehead atoms. The van der Waals surface area contributed by atoms with Crippen molar-refractivity contribution >= 4 is 50.0 Å². The molecule has 4 nitrogen and oxygen atoms in total. The molecule has 3 aromatic heterocycles. The van der Waals surface area contributed by atoms with Crippen molar-refractivity contribution in [2.45, 2.75) is 44.6 Å². The molecule has 28 heavy (non-hydrogen) atoms. The van der Waals surface area contributed by atoms with Crippen LogP contribution in [-0.4, -0.2) is 26.5 Å². The number of carbonyl (C=O) groups is 1. The second-order valence-corrected chi connectivity index (χ2v) is 9.40. The summed E-state index contributed by atoms with van der Waals surface area (Å²) in [7, 11) is 0. The van der Waals surface area contributed by atoms with E-state index < -0.39 is 0 Å². The van der Waals surface area contributed by atoms with Crippen molar-refractivity contribution < 1.29 is 4.79 Å². The summed E-state index contributed by atoms with van der Waals surface area (Å²) in [6, 6.07) is 8.00. The number of aryl methyl sites for hydroxylation is 4. The van der Waals surface area contributed by atoms with Crippen molar-refractivity contribution in [2.24, 2.45) is 0 Å². The van der Waals surface area contributed by atoms with Crippen LogP contribution in [0.1, 0.15) is 45.2 Å². The van der Waals surface area contributed by atoms with E-state index in [-0.39, 0.29) is 5.78 Å². The van der Waals surface area contributed by atoms with E-state index in [1.807, 2.05) is 49.4 Å². The number of carbonyl (C=O) groups excluding carboxylic acids is 1. The first-order valence-corrected chi connectivity index (χ1v) is 11.4. The van der Waals surface area contributed by atoms with Crippen LogP contribution < -0.4 is 0 Å². The summed E-state index contributed by atoms with van der Waals surface area (Å²) in [6.45, 7) is 3.91. The third-order valence-corrected chi connectivity index (χ3v) is 7.57. The first-order chi connectivity index (χ1) is 13.6. The SMILES string of the molecule is Cc1nc(SCC(=O)c2c(C)[nH]c3ccccc23)c2c3c(sc2n1)CCCC3. The summed E-state index contributed by atoms with van der Waals surface area (Å²) in [4.78, 5) is 28.3. The number of thioether (sulfide) groups is 1. The molecule has 0 aliphatic heterocycles. The molecule has 0 amide bonds. The van der Waals surface area contributed by atoms with Gasteiger partial charge in [-0.15, -0.1) is 11.3 Å². The van der Waals surface area contributed by atoms with Crippen LogP contribution in [0.3, 0.4) is 0 Å². The number of rotatable bonds is 4. The van der Waals surface area contributed by atoms with Gasteiger partial charge < -0.3 is 4.98 Å². The van der Waals surface area contributed by atoms with Crippen LogP contribution in [-0.2, 0) is 12.8 Å². The maximum Gasteiger partial charge on any atom is 0.175 e. The van der Waals surface area contributed by atoms with Gasteiger partial charge in [-0.2, -0.15) is 0 Å². The fraction of sp³-hybridized carbons (Fsp3) is 0.318. The molecule has 142 valence electrons. The summed E-state index contributed by atoms with van der Waals surface area (Å²) in [6.07, 6.45) is 4.73. The fourth-order valence-corrected chi connectivity index (χ4v) is 6.52. The summed E-state index contributed by atoms with van der Waals surface area (Å²) in [5, 5.41) is 3.16. The van der Waals surface area contributed by atoms with E-state index in [0.717, 1.165) is 50.7 Å². The van der Waals surface area contributed by atoms with Gasteiger partial charge in [-0.3, -0.25) is 4.79 Å². The topological polar surface area (TPSA) is 58.6 Å². The minimum Gasteiger partial charge on any atom is -0.358 e. The molecule has 3 heterocycles. The summed E-state index contributed by atoms with van der Waals surface area (Å²) in [5.74, 6) is 1.32. The van der Waals surface area contributed by atoms with Gasteiger partial charge in [0.05, 0.1) is 5.75 Å². The van der Waals surface area contributed by atoms with Gasteiger partial charge in [-0.25, -0.2) is 9.97 Å². The molecular weight excluding hydrogens is 386 g/mol. The number of thiophene rings is 1. The van der Waals surface area contributed by atoms with Gasteiger partial charge in [-0.1, -0.05) is 30.0 Å². The van der Waals surface area contributed by atoms with Gasteiger partial charge in [0.1, 0.15) is 15.7 Å². The Kier molecular flexibility index (Phi) is 4.48. The van der Waals surface area contributed by atoms with E-state index >= 15 is 0 Å². The number of aromatic nitrogens is 3. The Hall–Kier alpha value is -2.18. The number of aromatic amines is 1. The standard InChI is InChI=1S/C22H21N3OS2/c1-12-19(14-7-3-5-9-16(14)23-12)17(26)11-27-21-20-15-8-4-6-10-18(15)28-22(20)25-13(2)24-21/h3,5,7,9,23H,4,6,8,10-11H2,1-2H3. The van der Waals surface area contributed by atoms with Crippen LogP contribution in [0, 0.1) is 13.8 Å². The number of H-pyrrole nitrogens is 1. The summed E-state index contributed by atoms with van der Waals surface area (Å²) < 4.78 is 0. The van der Waals surface area contributed by atoms with E-state index in [4.69, 9.17) is 4.98 Å². The van der Waals surface area contributed by atoms with Crippen molar-refractivity contribution in [3.63, 3.8) is 0 Å². The van der Waals surface area contributed by atoms with Gasteiger partial charge in [0.15, 0.2) is 5.78 Å². The summed E-state index contributed by atoms with van der Waals surface area (Å²) in [5.41, 5.74) is 4.17. The number of nitrogens with zero attached hydrogens (tertiary/aromatic N) is 2. The van der Waals surface area contributed by atoms with E-state index in [9.17, 15) is 4.79 Å². The monoisotopic (exact) mass is 407 g/mol. The fourth-order valence-electron chi connectivity index (χ4n) is 4.17. The smallest absolute Gasteiger partial charge is 0.175 e. The molecule has 1 aliphatic rings. The average molecular weight is 408 g/mol. The third-order valence-electron chi connectivity index (χ3n) is 5.41. The van der Waals surface area contributed by atoms with Crippen LogP contribution >= 0.6 is 23.1 Å². The minimum atomic E-state index is 0.147. The molecule has 1 N–H and O–H groups in total. The lowest BCUT2D eigenvalue weighted by molar-refractivity contribution is 0.102. The molecule has 0 fully saturated rings. The second-order valence-electron chi connectivity index (χ2n) is 7.35. The highest BCUT2D eigenvalue weighted by Crippen LogP contribution is 2.40. The van der Waals surface area contributed by atoms with Crippen LogP contribution in [0.25, 0.3) is 21.1 Å². The molecule has 6 heteroatoms. The lowest BCUT2D eigenvalue weighted by atomic mass is 9.97. The molecule has 0 saturated heterocycles. The maximum absolute atomic E-state index is 13.1. The Bertz CT molecular complexity index is 1220. The van der Waals surface area contributed by atoms with Gasteiger partial charge >= 0.3 is 0 Å². The molecule has 0 radical (unpaired) electrons. The molecule has 0 unspecified atom stereocenters. The van der Waals surface area contributed by atoms with E-state index in [0.29, 0.717) is 5.75 Å². The number of benzene rings is 1. The molecule has 1 aromatic carbocycles. The second kappa shape index (κ2) is 7.01. The van der Waals surface area contributed by atoms with Crippen molar-refractivity contribution in [3.05, 3.63) is 51.8 Å². The van der Waals surface area contributed by atoms with Gasteiger partial charge in [0.25, 0.3) is 0 Å². The predicted molar refractivity (Wildman–Crippen MR) is 117 cm³/mol. The predicted octanol–water partition coefficient (Wildman–Crippen LogP) is 5.64. The van der Waals surface area contributed by atoms with E-state index in [1.54, 1.807) is 11.8 Å². The Morgan fingerprint density at radius 1 is 1.18 bits per heavy atom. The lowest BCUT2D eigenvalue weighted by Gasteiger charge is -2.11. The number of para-hydroxylation sites is 1. The molecule has 4 aromatic rings.